The van der Waals surface area contributed by atoms with Crippen molar-refractivity contribution in [3.05, 3.63) is 59.7 Å². The minimum absolute atomic E-state index is 0.166. The fourth-order valence-corrected chi connectivity index (χ4v) is 3.48. The molecule has 0 aliphatic carbocycles. The number of aromatic nitrogens is 2. The van der Waals surface area contributed by atoms with Gasteiger partial charge in [-0.3, -0.25) is 4.90 Å². The fraction of sp³-hybridized carbons (Fsp3) is 0.391. The lowest BCUT2D eigenvalue weighted by Crippen LogP contribution is -2.25. The Hall–Kier alpha value is -2.97. The van der Waals surface area contributed by atoms with Crippen LogP contribution in [0.3, 0.4) is 0 Å². The number of halogens is 1. The molecule has 1 aromatic heterocycles. The van der Waals surface area contributed by atoms with Crippen LogP contribution in [0.15, 0.2) is 47.0 Å². The molecular formula is C23H26FN3O4. The van der Waals surface area contributed by atoms with Gasteiger partial charge in [0.1, 0.15) is 19.0 Å². The molecule has 0 N–H and O–H groups in total. The number of hydrogen-bond donors (Lipinski definition) is 0. The molecular weight excluding hydrogens is 401 g/mol. The maximum Gasteiger partial charge on any atom is 0.252 e. The van der Waals surface area contributed by atoms with E-state index in [9.17, 15) is 4.39 Å². The van der Waals surface area contributed by atoms with Gasteiger partial charge in [-0.2, -0.15) is 4.98 Å². The molecule has 0 atom stereocenters. The molecule has 7 nitrogen and oxygen atoms in total. The van der Waals surface area contributed by atoms with E-state index < -0.39 is 0 Å². The quantitative estimate of drug-likeness (QED) is 0.483. The topological polar surface area (TPSA) is 69.9 Å². The maximum atomic E-state index is 12.9. The van der Waals surface area contributed by atoms with E-state index >= 15 is 0 Å². The maximum absolute atomic E-state index is 12.9. The number of nitrogens with zero attached hydrogens (tertiary/aromatic N) is 3. The first-order valence-corrected chi connectivity index (χ1v) is 10.4. The van der Waals surface area contributed by atoms with Crippen LogP contribution in [-0.4, -0.2) is 48.4 Å². The van der Waals surface area contributed by atoms with Gasteiger partial charge < -0.3 is 18.7 Å². The number of rotatable bonds is 10. The van der Waals surface area contributed by atoms with Gasteiger partial charge in [-0.1, -0.05) is 17.3 Å². The molecule has 3 aromatic rings. The normalized spacial score (nSPS) is 14.1. The Bertz CT molecular complexity index is 971. The monoisotopic (exact) mass is 427 g/mol. The first-order chi connectivity index (χ1) is 15.2. The molecule has 0 unspecified atom stereocenters. The van der Waals surface area contributed by atoms with E-state index in [0.29, 0.717) is 36.4 Å². The molecule has 0 saturated carbocycles. The number of benzene rings is 2. The van der Waals surface area contributed by atoms with E-state index in [1.54, 1.807) is 19.2 Å². The summed E-state index contributed by atoms with van der Waals surface area (Å²) in [6.45, 7) is 4.32. The van der Waals surface area contributed by atoms with Crippen LogP contribution in [0, 0.1) is 5.82 Å². The highest BCUT2D eigenvalue weighted by Crippen LogP contribution is 2.31. The van der Waals surface area contributed by atoms with Crippen LogP contribution >= 0.6 is 0 Å². The zero-order valence-corrected chi connectivity index (χ0v) is 17.6. The van der Waals surface area contributed by atoms with Crippen molar-refractivity contribution in [3.8, 4) is 22.9 Å². The average molecular weight is 427 g/mol. The summed E-state index contributed by atoms with van der Waals surface area (Å²) >= 11 is 0. The van der Waals surface area contributed by atoms with Crippen LogP contribution < -0.4 is 9.47 Å². The van der Waals surface area contributed by atoms with Gasteiger partial charge in [0.25, 0.3) is 5.89 Å². The summed E-state index contributed by atoms with van der Waals surface area (Å²) in [7, 11) is 1.61. The smallest absolute Gasteiger partial charge is 0.252 e. The Balaban J connectivity index is 1.32. The molecule has 4 rings (SSSR count). The molecule has 8 heteroatoms. The van der Waals surface area contributed by atoms with E-state index in [0.717, 1.165) is 30.8 Å². The van der Waals surface area contributed by atoms with Crippen LogP contribution in [0.25, 0.3) is 11.4 Å². The third kappa shape index (κ3) is 5.80. The van der Waals surface area contributed by atoms with Gasteiger partial charge in [-0.15, -0.1) is 0 Å². The first-order valence-electron chi connectivity index (χ1n) is 10.4. The standard InChI is InChI=1S/C23H26FN3O4/c1-28-21-14-18(6-9-20(21)30-13-12-27-10-2-3-11-27)23-25-22(31-26-23)16-29-15-17-4-7-19(24)8-5-17/h4-9,14H,2-3,10-13,15-16H2,1H3. The van der Waals surface area contributed by atoms with E-state index in [-0.39, 0.29) is 12.4 Å². The molecule has 1 fully saturated rings. The van der Waals surface area contributed by atoms with Crippen molar-refractivity contribution in [2.75, 3.05) is 33.4 Å². The fourth-order valence-electron chi connectivity index (χ4n) is 3.48. The third-order valence-electron chi connectivity index (χ3n) is 5.16. The van der Waals surface area contributed by atoms with Crippen molar-refractivity contribution in [1.29, 1.82) is 0 Å². The molecule has 164 valence electrons. The van der Waals surface area contributed by atoms with Crippen LogP contribution in [0.4, 0.5) is 4.39 Å². The summed E-state index contributed by atoms with van der Waals surface area (Å²) < 4.78 is 35.2. The lowest BCUT2D eigenvalue weighted by atomic mass is 10.2. The molecule has 1 saturated heterocycles. The molecule has 2 heterocycles. The highest BCUT2D eigenvalue weighted by atomic mass is 19.1. The minimum atomic E-state index is -0.274. The van der Waals surface area contributed by atoms with Crippen molar-refractivity contribution in [2.24, 2.45) is 0 Å². The van der Waals surface area contributed by atoms with Gasteiger partial charge >= 0.3 is 0 Å². The average Bonchev–Trinajstić information content (AvgIpc) is 3.48. The molecule has 0 spiro atoms. The van der Waals surface area contributed by atoms with E-state index in [4.69, 9.17) is 18.7 Å². The van der Waals surface area contributed by atoms with Crippen LogP contribution in [0.5, 0.6) is 11.5 Å². The van der Waals surface area contributed by atoms with E-state index in [1.165, 1.54) is 25.0 Å². The van der Waals surface area contributed by atoms with Crippen molar-refractivity contribution < 1.29 is 23.1 Å². The summed E-state index contributed by atoms with van der Waals surface area (Å²) in [5.74, 6) is 1.85. The van der Waals surface area contributed by atoms with Gasteiger partial charge in [-0.05, 0) is 61.8 Å². The minimum Gasteiger partial charge on any atom is -0.493 e. The van der Waals surface area contributed by atoms with Gasteiger partial charge in [0.2, 0.25) is 5.82 Å². The Morgan fingerprint density at radius 1 is 1.03 bits per heavy atom. The summed E-state index contributed by atoms with van der Waals surface area (Å²) in [5, 5.41) is 4.02. The molecule has 0 amide bonds. The van der Waals surface area contributed by atoms with Gasteiger partial charge in [-0.25, -0.2) is 4.39 Å². The lowest BCUT2D eigenvalue weighted by molar-refractivity contribution is 0.0850. The summed E-state index contributed by atoms with van der Waals surface area (Å²) in [5.41, 5.74) is 1.63. The molecule has 31 heavy (non-hydrogen) atoms. The Labute approximate surface area is 180 Å². The van der Waals surface area contributed by atoms with Crippen molar-refractivity contribution >= 4 is 0 Å². The largest absolute Gasteiger partial charge is 0.493 e. The Morgan fingerprint density at radius 2 is 1.84 bits per heavy atom. The van der Waals surface area contributed by atoms with Crippen LogP contribution in [0.2, 0.25) is 0 Å². The van der Waals surface area contributed by atoms with Gasteiger partial charge in [0.15, 0.2) is 11.5 Å². The van der Waals surface area contributed by atoms with Crippen LogP contribution in [0.1, 0.15) is 24.3 Å². The highest BCUT2D eigenvalue weighted by Gasteiger charge is 2.14. The summed E-state index contributed by atoms with van der Waals surface area (Å²) in [4.78, 5) is 6.78. The van der Waals surface area contributed by atoms with Crippen molar-refractivity contribution in [2.45, 2.75) is 26.1 Å². The molecule has 1 aliphatic rings. The number of hydrogen-bond acceptors (Lipinski definition) is 7. The molecule has 0 bridgehead atoms. The lowest BCUT2D eigenvalue weighted by Gasteiger charge is -2.16. The second kappa shape index (κ2) is 10.4. The Kier molecular flexibility index (Phi) is 7.11. The first kappa shape index (κ1) is 21.3. The zero-order valence-electron chi connectivity index (χ0n) is 17.6. The predicted molar refractivity (Wildman–Crippen MR) is 112 cm³/mol. The predicted octanol–water partition coefficient (Wildman–Crippen LogP) is 4.08. The second-order valence-corrected chi connectivity index (χ2v) is 7.39. The Morgan fingerprint density at radius 3 is 2.61 bits per heavy atom. The molecule has 0 radical (unpaired) electrons. The van der Waals surface area contributed by atoms with Crippen LogP contribution in [-0.2, 0) is 18.0 Å². The molecule has 2 aromatic carbocycles. The van der Waals surface area contributed by atoms with Gasteiger partial charge in [0.05, 0.1) is 13.7 Å². The summed E-state index contributed by atoms with van der Waals surface area (Å²) in [6, 6.07) is 11.7. The van der Waals surface area contributed by atoms with E-state index in [2.05, 4.69) is 15.0 Å². The van der Waals surface area contributed by atoms with Gasteiger partial charge in [0, 0.05) is 12.1 Å². The van der Waals surface area contributed by atoms with Crippen molar-refractivity contribution in [1.82, 2.24) is 15.0 Å². The number of likely N-dealkylation sites (tertiary alicyclic amines) is 1. The summed E-state index contributed by atoms with van der Waals surface area (Å²) in [6.07, 6.45) is 2.53. The number of ether oxygens (including phenoxy) is 3. The highest BCUT2D eigenvalue weighted by molar-refractivity contribution is 5.60. The van der Waals surface area contributed by atoms with Crippen molar-refractivity contribution in [3.63, 3.8) is 0 Å². The number of methoxy groups -OCH3 is 1. The van der Waals surface area contributed by atoms with E-state index in [1.807, 2.05) is 18.2 Å². The zero-order chi connectivity index (χ0) is 21.5. The third-order valence-corrected chi connectivity index (χ3v) is 5.16. The molecule has 1 aliphatic heterocycles. The second-order valence-electron chi connectivity index (χ2n) is 7.39. The SMILES string of the molecule is COc1cc(-c2noc(COCc3ccc(F)cc3)n2)ccc1OCCN1CCCC1.